The molecule has 0 aliphatic heterocycles. The highest BCUT2D eigenvalue weighted by molar-refractivity contribution is 7.89. The Morgan fingerprint density at radius 1 is 0.909 bits per heavy atom. The highest BCUT2D eigenvalue weighted by Gasteiger charge is 2.25. The average molecular weight is 466 g/mol. The predicted octanol–water partition coefficient (Wildman–Crippen LogP) is 4.02. The molecule has 1 aromatic heterocycles. The summed E-state index contributed by atoms with van der Waals surface area (Å²) in [6.45, 7) is 0.538. The summed E-state index contributed by atoms with van der Waals surface area (Å²) in [4.78, 5) is 0.275. The molecule has 0 N–H and O–H groups in total. The number of rotatable bonds is 9. The molecule has 7 nitrogen and oxygen atoms in total. The van der Waals surface area contributed by atoms with E-state index in [1.807, 2.05) is 61.8 Å². The quantitative estimate of drug-likeness (QED) is 0.373. The predicted molar refractivity (Wildman–Crippen MR) is 128 cm³/mol. The molecule has 0 aliphatic carbocycles. The first-order valence-corrected chi connectivity index (χ1v) is 12.0. The van der Waals surface area contributed by atoms with E-state index in [1.54, 1.807) is 37.2 Å². The van der Waals surface area contributed by atoms with Gasteiger partial charge in [-0.3, -0.25) is 4.68 Å². The summed E-state index contributed by atoms with van der Waals surface area (Å²) in [6.07, 6.45) is 4.05. The maximum absolute atomic E-state index is 13.7. The van der Waals surface area contributed by atoms with E-state index in [4.69, 9.17) is 9.47 Å². The van der Waals surface area contributed by atoms with Crippen molar-refractivity contribution in [3.8, 4) is 11.5 Å². The molecule has 3 aromatic carbocycles. The van der Waals surface area contributed by atoms with Crippen molar-refractivity contribution >= 4 is 20.8 Å². The third-order valence-corrected chi connectivity index (χ3v) is 7.41. The molecule has 0 saturated carbocycles. The zero-order valence-corrected chi connectivity index (χ0v) is 19.7. The van der Waals surface area contributed by atoms with Crippen LogP contribution in [0.3, 0.4) is 0 Å². The van der Waals surface area contributed by atoms with Crippen molar-refractivity contribution < 1.29 is 17.9 Å². The van der Waals surface area contributed by atoms with Gasteiger partial charge in [0.2, 0.25) is 10.0 Å². The van der Waals surface area contributed by atoms with Gasteiger partial charge < -0.3 is 9.47 Å². The van der Waals surface area contributed by atoms with Gasteiger partial charge in [0.1, 0.15) is 0 Å². The van der Waals surface area contributed by atoms with Crippen LogP contribution in [-0.2, 0) is 30.0 Å². The van der Waals surface area contributed by atoms with Crippen LogP contribution in [0.2, 0.25) is 0 Å². The largest absolute Gasteiger partial charge is 0.493 e. The third-order valence-electron chi connectivity index (χ3n) is 5.57. The number of aryl methyl sites for hydroxylation is 1. The molecule has 0 radical (unpaired) electrons. The summed E-state index contributed by atoms with van der Waals surface area (Å²) in [6, 6.07) is 18.6. The Morgan fingerprint density at radius 3 is 2.36 bits per heavy atom. The second-order valence-electron chi connectivity index (χ2n) is 7.81. The van der Waals surface area contributed by atoms with Crippen LogP contribution in [0.25, 0.3) is 10.8 Å². The minimum atomic E-state index is -3.74. The number of fused-ring (bicyclic) bond motifs is 1. The maximum Gasteiger partial charge on any atom is 0.243 e. The highest BCUT2D eigenvalue weighted by atomic mass is 32.2. The lowest BCUT2D eigenvalue weighted by Gasteiger charge is -2.22. The monoisotopic (exact) mass is 465 g/mol. The van der Waals surface area contributed by atoms with Crippen LogP contribution >= 0.6 is 0 Å². The Labute approximate surface area is 194 Å². The molecule has 0 amide bonds. The van der Waals surface area contributed by atoms with Crippen molar-refractivity contribution in [1.82, 2.24) is 14.1 Å². The molecular formula is C25H27N3O4S. The fourth-order valence-corrected chi connectivity index (χ4v) is 5.27. The molecule has 4 rings (SSSR count). The Hall–Kier alpha value is -3.36. The molecule has 0 fully saturated rings. The van der Waals surface area contributed by atoms with Crippen LogP contribution in [0.5, 0.6) is 11.5 Å². The summed E-state index contributed by atoms with van der Waals surface area (Å²) < 4.78 is 41.2. The summed E-state index contributed by atoms with van der Waals surface area (Å²) in [5, 5.41) is 6.08. The van der Waals surface area contributed by atoms with Crippen LogP contribution in [0.4, 0.5) is 0 Å². The molecule has 0 bridgehead atoms. The Balaban J connectivity index is 1.65. The molecule has 0 aliphatic rings. The van der Waals surface area contributed by atoms with Gasteiger partial charge in [0, 0.05) is 31.9 Å². The molecule has 0 saturated heterocycles. The standard InChI is InChI=1S/C25H27N3O4S/c1-27-17-20(16-26-27)18-28(13-12-19-8-11-24(31-2)25(14-19)32-3)33(29,30)23-10-9-21-6-4-5-7-22(21)15-23/h4-11,14-17H,12-13,18H2,1-3H3. The Bertz CT molecular complexity index is 1370. The van der Waals surface area contributed by atoms with Gasteiger partial charge in [0.15, 0.2) is 11.5 Å². The van der Waals surface area contributed by atoms with Crippen molar-refractivity contribution in [2.24, 2.45) is 7.05 Å². The molecule has 4 aromatic rings. The molecule has 0 unspecified atom stereocenters. The highest BCUT2D eigenvalue weighted by Crippen LogP contribution is 2.28. The number of aromatic nitrogens is 2. The van der Waals surface area contributed by atoms with Gasteiger partial charge in [0.25, 0.3) is 0 Å². The average Bonchev–Trinajstić information content (AvgIpc) is 3.25. The van der Waals surface area contributed by atoms with Gasteiger partial charge in [-0.2, -0.15) is 9.40 Å². The van der Waals surface area contributed by atoms with E-state index in [2.05, 4.69) is 5.10 Å². The fourth-order valence-electron chi connectivity index (χ4n) is 3.81. The number of ether oxygens (including phenoxy) is 2. The normalized spacial score (nSPS) is 11.8. The fraction of sp³-hybridized carbons (Fsp3) is 0.240. The number of methoxy groups -OCH3 is 2. The zero-order valence-electron chi connectivity index (χ0n) is 18.9. The topological polar surface area (TPSA) is 73.7 Å². The van der Waals surface area contributed by atoms with Crippen LogP contribution < -0.4 is 9.47 Å². The Kier molecular flexibility index (Phi) is 6.67. The molecular weight excluding hydrogens is 438 g/mol. The van der Waals surface area contributed by atoms with Crippen molar-refractivity contribution in [2.45, 2.75) is 17.9 Å². The number of hydrogen-bond donors (Lipinski definition) is 0. The van der Waals surface area contributed by atoms with E-state index in [0.717, 1.165) is 21.9 Å². The second-order valence-corrected chi connectivity index (χ2v) is 9.75. The van der Waals surface area contributed by atoms with Crippen molar-refractivity contribution in [2.75, 3.05) is 20.8 Å². The third kappa shape index (κ3) is 5.02. The summed E-state index contributed by atoms with van der Waals surface area (Å²) in [5.41, 5.74) is 1.78. The first-order chi connectivity index (χ1) is 15.9. The van der Waals surface area contributed by atoms with E-state index in [0.29, 0.717) is 24.5 Å². The van der Waals surface area contributed by atoms with Crippen LogP contribution in [0, 0.1) is 0 Å². The molecule has 1 heterocycles. The molecule has 0 spiro atoms. The molecule has 33 heavy (non-hydrogen) atoms. The number of sulfonamides is 1. The second kappa shape index (κ2) is 9.64. The summed E-state index contributed by atoms with van der Waals surface area (Å²) in [7, 11) is 1.25. The molecule has 8 heteroatoms. The Morgan fingerprint density at radius 2 is 1.67 bits per heavy atom. The lowest BCUT2D eigenvalue weighted by atomic mass is 10.1. The minimum Gasteiger partial charge on any atom is -0.493 e. The van der Waals surface area contributed by atoms with Crippen molar-refractivity contribution in [3.63, 3.8) is 0 Å². The van der Waals surface area contributed by atoms with E-state index in [1.165, 1.54) is 4.31 Å². The number of hydrogen-bond acceptors (Lipinski definition) is 5. The van der Waals surface area contributed by atoms with E-state index < -0.39 is 10.0 Å². The van der Waals surface area contributed by atoms with Crippen molar-refractivity contribution in [1.29, 1.82) is 0 Å². The smallest absolute Gasteiger partial charge is 0.243 e. The molecule has 172 valence electrons. The van der Waals surface area contributed by atoms with Crippen molar-refractivity contribution in [3.05, 3.63) is 84.2 Å². The van der Waals surface area contributed by atoms with E-state index >= 15 is 0 Å². The first kappa shape index (κ1) is 22.8. The molecule has 0 atom stereocenters. The van der Waals surface area contributed by atoms with Crippen LogP contribution in [0.1, 0.15) is 11.1 Å². The maximum atomic E-state index is 13.7. The van der Waals surface area contributed by atoms with Gasteiger partial charge >= 0.3 is 0 Å². The summed E-state index contributed by atoms with van der Waals surface area (Å²) in [5.74, 6) is 1.25. The van der Waals surface area contributed by atoms with Gasteiger partial charge in [0.05, 0.1) is 25.3 Å². The van der Waals surface area contributed by atoms with E-state index in [-0.39, 0.29) is 11.4 Å². The number of benzene rings is 3. The first-order valence-electron chi connectivity index (χ1n) is 10.6. The SMILES string of the molecule is COc1ccc(CCN(Cc2cnn(C)c2)S(=O)(=O)c2ccc3ccccc3c2)cc1OC. The van der Waals surface area contributed by atoms with Crippen LogP contribution in [-0.4, -0.2) is 43.3 Å². The van der Waals surface area contributed by atoms with Crippen LogP contribution in [0.15, 0.2) is 78.0 Å². The van der Waals surface area contributed by atoms with Gasteiger partial charge in [-0.15, -0.1) is 0 Å². The van der Waals surface area contributed by atoms with Gasteiger partial charge in [-0.05, 0) is 47.0 Å². The minimum absolute atomic E-state index is 0.232. The lowest BCUT2D eigenvalue weighted by Crippen LogP contribution is -2.32. The lowest BCUT2D eigenvalue weighted by molar-refractivity contribution is 0.354. The number of nitrogens with zero attached hydrogens (tertiary/aromatic N) is 3. The van der Waals surface area contributed by atoms with E-state index in [9.17, 15) is 8.42 Å². The van der Waals surface area contributed by atoms with Gasteiger partial charge in [-0.1, -0.05) is 36.4 Å². The zero-order chi connectivity index (χ0) is 23.4. The summed E-state index contributed by atoms with van der Waals surface area (Å²) >= 11 is 0. The van der Waals surface area contributed by atoms with Gasteiger partial charge in [-0.25, -0.2) is 8.42 Å².